The van der Waals surface area contributed by atoms with Crippen LogP contribution in [-0.2, 0) is 0 Å². The average molecular weight is 314 g/mol. The summed E-state index contributed by atoms with van der Waals surface area (Å²) in [5.74, 6) is 0. The van der Waals surface area contributed by atoms with E-state index in [0.29, 0.717) is 0 Å². The van der Waals surface area contributed by atoms with Crippen LogP contribution in [0.5, 0.6) is 0 Å². The number of hydrogen-bond acceptors (Lipinski definition) is 4. The fourth-order valence-electron chi connectivity index (χ4n) is 2.95. The first-order chi connectivity index (χ1) is 10.3. The number of thioether (sulfide) groups is 1. The molecule has 3 heterocycles. The summed E-state index contributed by atoms with van der Waals surface area (Å²) in [7, 11) is 0. The van der Waals surface area contributed by atoms with E-state index in [9.17, 15) is 0 Å². The molecule has 0 aliphatic carbocycles. The number of rotatable bonds is 3. The highest BCUT2D eigenvalue weighted by molar-refractivity contribution is 8.17. The first-order valence-corrected chi connectivity index (χ1v) is 9.13. The Balaban J connectivity index is 1.84. The highest BCUT2D eigenvalue weighted by Gasteiger charge is 2.33. The Morgan fingerprint density at radius 2 is 2.19 bits per heavy atom. The largest absolute Gasteiger partial charge is 0.317 e. The Kier molecular flexibility index (Phi) is 3.31. The van der Waals surface area contributed by atoms with Gasteiger partial charge in [-0.2, -0.15) is 0 Å². The molecule has 2 nitrogen and oxygen atoms in total. The molecular formula is C17H18N2S2. The summed E-state index contributed by atoms with van der Waals surface area (Å²) in [6, 6.07) is 9.09. The van der Waals surface area contributed by atoms with Crippen LogP contribution in [0.4, 0.5) is 0 Å². The van der Waals surface area contributed by atoms with Gasteiger partial charge in [0.25, 0.3) is 0 Å². The molecule has 0 unspecified atom stereocenters. The van der Waals surface area contributed by atoms with Crippen molar-refractivity contribution in [2.45, 2.75) is 26.7 Å². The molecule has 21 heavy (non-hydrogen) atoms. The van der Waals surface area contributed by atoms with Gasteiger partial charge >= 0.3 is 0 Å². The molecule has 0 bridgehead atoms. The number of thiophene rings is 1. The SMILES string of the molecule is CCCC1=C(c2cc3ccc(C)cc3s2)N2CCN=C2S1. The standard InChI is InChI=1S/C17H18N2S2/c1-3-4-13-16(19-8-7-18-17(19)21-13)15-10-12-6-5-11(2)9-14(12)20-15/h5-6,9-10H,3-4,7-8H2,1-2H3. The third-order valence-corrected chi connectivity index (χ3v) is 6.22. The number of aryl methyl sites for hydroxylation is 1. The lowest BCUT2D eigenvalue weighted by Gasteiger charge is -2.15. The number of hydrogen-bond donors (Lipinski definition) is 0. The zero-order valence-electron chi connectivity index (χ0n) is 12.3. The van der Waals surface area contributed by atoms with Crippen molar-refractivity contribution < 1.29 is 0 Å². The second-order valence-electron chi connectivity index (χ2n) is 5.59. The van der Waals surface area contributed by atoms with Gasteiger partial charge in [-0.3, -0.25) is 4.99 Å². The summed E-state index contributed by atoms with van der Waals surface area (Å²) in [5, 5.41) is 2.57. The lowest BCUT2D eigenvalue weighted by Crippen LogP contribution is -2.19. The maximum absolute atomic E-state index is 4.64. The van der Waals surface area contributed by atoms with E-state index in [0.717, 1.165) is 19.5 Å². The molecule has 0 spiro atoms. The van der Waals surface area contributed by atoms with Crippen molar-refractivity contribution in [1.82, 2.24) is 4.90 Å². The number of fused-ring (bicyclic) bond motifs is 2. The summed E-state index contributed by atoms with van der Waals surface area (Å²) < 4.78 is 1.39. The van der Waals surface area contributed by atoms with E-state index in [4.69, 9.17) is 0 Å². The first-order valence-electron chi connectivity index (χ1n) is 7.50. The molecule has 2 aliphatic rings. The fourth-order valence-corrected chi connectivity index (χ4v) is 5.55. The van der Waals surface area contributed by atoms with Crippen molar-refractivity contribution in [3.8, 4) is 0 Å². The van der Waals surface area contributed by atoms with Crippen LogP contribution >= 0.6 is 23.1 Å². The smallest absolute Gasteiger partial charge is 0.168 e. The first kappa shape index (κ1) is 13.4. The van der Waals surface area contributed by atoms with Gasteiger partial charge in [0.15, 0.2) is 5.17 Å². The monoisotopic (exact) mass is 314 g/mol. The molecule has 1 aromatic heterocycles. The Morgan fingerprint density at radius 3 is 3.05 bits per heavy atom. The third kappa shape index (κ3) is 2.21. The molecule has 2 aliphatic heterocycles. The quantitative estimate of drug-likeness (QED) is 0.783. The molecule has 0 amide bonds. The van der Waals surface area contributed by atoms with Gasteiger partial charge in [0.1, 0.15) is 0 Å². The lowest BCUT2D eigenvalue weighted by atomic mass is 10.1. The number of nitrogens with zero attached hydrogens (tertiary/aromatic N) is 2. The van der Waals surface area contributed by atoms with Gasteiger partial charge in [0.05, 0.1) is 17.1 Å². The van der Waals surface area contributed by atoms with Crippen molar-refractivity contribution >= 4 is 44.0 Å². The molecular weight excluding hydrogens is 296 g/mol. The molecule has 0 N–H and O–H groups in total. The van der Waals surface area contributed by atoms with Gasteiger partial charge in [0, 0.05) is 16.1 Å². The second-order valence-corrected chi connectivity index (χ2v) is 7.74. The van der Waals surface area contributed by atoms with Gasteiger partial charge in [-0.15, -0.1) is 11.3 Å². The van der Waals surface area contributed by atoms with Crippen molar-refractivity contribution in [3.63, 3.8) is 0 Å². The topological polar surface area (TPSA) is 15.6 Å². The van der Waals surface area contributed by atoms with Crippen LogP contribution in [0.15, 0.2) is 34.2 Å². The summed E-state index contributed by atoms with van der Waals surface area (Å²) in [6.45, 7) is 6.40. The van der Waals surface area contributed by atoms with Crippen LogP contribution in [-0.4, -0.2) is 23.2 Å². The molecule has 4 rings (SSSR count). The van der Waals surface area contributed by atoms with Gasteiger partial charge in [-0.1, -0.05) is 37.2 Å². The molecule has 0 atom stereocenters. The van der Waals surface area contributed by atoms with Crippen molar-refractivity contribution in [1.29, 1.82) is 0 Å². The molecule has 0 saturated heterocycles. The Morgan fingerprint density at radius 1 is 1.29 bits per heavy atom. The number of allylic oxidation sites excluding steroid dienone is 1. The highest BCUT2D eigenvalue weighted by atomic mass is 32.2. The second kappa shape index (κ2) is 5.18. The van der Waals surface area contributed by atoms with Crippen LogP contribution < -0.4 is 0 Å². The van der Waals surface area contributed by atoms with Crippen LogP contribution in [0.2, 0.25) is 0 Å². The molecule has 0 radical (unpaired) electrons. The molecule has 2 aromatic rings. The lowest BCUT2D eigenvalue weighted by molar-refractivity contribution is 0.647. The van der Waals surface area contributed by atoms with Crippen molar-refractivity contribution in [2.24, 2.45) is 4.99 Å². The minimum Gasteiger partial charge on any atom is -0.317 e. The van der Waals surface area contributed by atoms with E-state index in [1.165, 1.54) is 42.7 Å². The summed E-state index contributed by atoms with van der Waals surface area (Å²) in [5.41, 5.74) is 2.76. The summed E-state index contributed by atoms with van der Waals surface area (Å²) in [4.78, 5) is 9.97. The van der Waals surface area contributed by atoms with E-state index in [1.807, 2.05) is 23.1 Å². The van der Waals surface area contributed by atoms with Crippen LogP contribution in [0, 0.1) is 6.92 Å². The van der Waals surface area contributed by atoms with Gasteiger partial charge in [-0.05, 0) is 36.4 Å². The van der Waals surface area contributed by atoms with Gasteiger partial charge < -0.3 is 4.90 Å². The fraction of sp³-hybridized carbons (Fsp3) is 0.353. The summed E-state index contributed by atoms with van der Waals surface area (Å²) in [6.07, 6.45) is 2.35. The zero-order valence-corrected chi connectivity index (χ0v) is 14.0. The Bertz CT molecular complexity index is 770. The van der Waals surface area contributed by atoms with E-state index in [-0.39, 0.29) is 0 Å². The maximum Gasteiger partial charge on any atom is 0.168 e. The van der Waals surface area contributed by atoms with Crippen LogP contribution in [0.3, 0.4) is 0 Å². The van der Waals surface area contributed by atoms with Crippen molar-refractivity contribution in [3.05, 3.63) is 39.6 Å². The van der Waals surface area contributed by atoms with E-state index in [2.05, 4.69) is 48.0 Å². The van der Waals surface area contributed by atoms with E-state index < -0.39 is 0 Å². The van der Waals surface area contributed by atoms with E-state index >= 15 is 0 Å². The van der Waals surface area contributed by atoms with Gasteiger partial charge in [-0.25, -0.2) is 0 Å². The third-order valence-electron chi connectivity index (χ3n) is 3.94. The Hall–Kier alpha value is -1.26. The number of aliphatic imine (C=N–C) groups is 1. The molecule has 1 aromatic carbocycles. The number of amidine groups is 1. The highest BCUT2D eigenvalue weighted by Crippen LogP contribution is 2.46. The molecule has 4 heteroatoms. The van der Waals surface area contributed by atoms with Gasteiger partial charge in [0.2, 0.25) is 0 Å². The molecule has 0 saturated carbocycles. The maximum atomic E-state index is 4.64. The zero-order chi connectivity index (χ0) is 14.4. The van der Waals surface area contributed by atoms with Crippen LogP contribution in [0.25, 0.3) is 15.8 Å². The van der Waals surface area contributed by atoms with E-state index in [1.54, 1.807) is 0 Å². The minimum atomic E-state index is 0.940. The molecule has 0 fully saturated rings. The average Bonchev–Trinajstić information content (AvgIpc) is 3.11. The van der Waals surface area contributed by atoms with Crippen LogP contribution in [0.1, 0.15) is 30.2 Å². The summed E-state index contributed by atoms with van der Waals surface area (Å²) >= 11 is 3.80. The molecule has 108 valence electrons. The Labute approximate surface area is 133 Å². The van der Waals surface area contributed by atoms with Crippen molar-refractivity contribution in [2.75, 3.05) is 13.1 Å². The normalized spacial score (nSPS) is 17.8. The predicted molar refractivity (Wildman–Crippen MR) is 95.0 cm³/mol. The predicted octanol–water partition coefficient (Wildman–Crippen LogP) is 5.10. The number of benzene rings is 1. The minimum absolute atomic E-state index is 0.940.